The van der Waals surface area contributed by atoms with Gasteiger partial charge in [-0.05, 0) is 159 Å². The number of nitrogens with one attached hydrogen (secondary N) is 3. The molecule has 4 aromatic heterocycles. The second-order valence-corrected chi connectivity index (χ2v) is 17.2. The van der Waals surface area contributed by atoms with Crippen molar-refractivity contribution >= 4 is 67.6 Å². The number of aliphatic hydroxyl groups excluding tert-OH is 4. The smallest absolute Gasteiger partial charge is 0.409 e. The summed E-state index contributed by atoms with van der Waals surface area (Å²) in [7, 11) is 0. The van der Waals surface area contributed by atoms with Crippen molar-refractivity contribution in [3.63, 3.8) is 0 Å². The van der Waals surface area contributed by atoms with Crippen LogP contribution in [-0.4, -0.2) is 133 Å². The van der Waals surface area contributed by atoms with Crippen LogP contribution in [0.4, 0.5) is 9.59 Å². The Morgan fingerprint density at radius 1 is 0.507 bits per heavy atom. The number of hydrogen-bond donors (Lipinski definition) is 7. The highest BCUT2D eigenvalue weighted by molar-refractivity contribution is 5.99. The number of fused-ring (bicyclic) bond motifs is 11. The van der Waals surface area contributed by atoms with Gasteiger partial charge in [0.1, 0.15) is 0 Å². The van der Waals surface area contributed by atoms with Crippen LogP contribution in [0.3, 0.4) is 0 Å². The Labute approximate surface area is 393 Å². The maximum atomic E-state index is 12.8. The number of aromatic amines is 3. The molecule has 0 aromatic carbocycles. The largest absolute Gasteiger partial charge is 0.449 e. The van der Waals surface area contributed by atoms with Gasteiger partial charge in [0.05, 0.1) is 62.4 Å². The molecule has 0 radical (unpaired) electrons. The zero-order chi connectivity index (χ0) is 48.4. The summed E-state index contributed by atoms with van der Waals surface area (Å²) in [6.45, 7) is 17.0. The van der Waals surface area contributed by atoms with Crippen LogP contribution in [0.5, 0.6) is 0 Å². The van der Waals surface area contributed by atoms with Gasteiger partial charge in [0, 0.05) is 59.3 Å². The number of hydrogen-bond acceptors (Lipinski definition) is 10. The second-order valence-electron chi connectivity index (χ2n) is 17.2. The fraction of sp³-hybridized carbons (Fsp3) is 0.500. The monoisotopic (exact) mass is 922 g/mol. The summed E-state index contributed by atoms with van der Waals surface area (Å²) >= 11 is 0. The molecule has 0 spiro atoms. The van der Waals surface area contributed by atoms with E-state index in [9.17, 15) is 30.0 Å². The first-order valence-electron chi connectivity index (χ1n) is 24.0. The second kappa shape index (κ2) is 23.3. The molecule has 6 rings (SSSR count). The van der Waals surface area contributed by atoms with E-state index < -0.39 is 12.2 Å². The van der Waals surface area contributed by atoms with Crippen LogP contribution in [-0.2, 0) is 35.2 Å². The van der Waals surface area contributed by atoms with E-state index in [-0.39, 0.29) is 65.8 Å². The van der Waals surface area contributed by atoms with Gasteiger partial charge in [-0.25, -0.2) is 19.6 Å². The standard InChI is InChI=1S/C52H71N7O8/c1-9-35-33(7)49-50-34(8)36(10-2)44(57-50)28-42-32(6)40(16-14-26-67-52(65)59(19-23-62)20-24-63)48(54-42)30-46-38(12-4)37(11-3)45(55-46)29-47-39(31(5)41(53-47)27-43(35)56-49)15-13-25-66-51(64)58(17-21-60)18-22-61/h27-30,53-55,60-63H,9-26H2,1-8H3. The van der Waals surface area contributed by atoms with E-state index >= 15 is 0 Å². The normalized spacial score (nSPS) is 12.7. The Kier molecular flexibility index (Phi) is 17.6. The van der Waals surface area contributed by atoms with Gasteiger partial charge in [0.2, 0.25) is 0 Å². The predicted octanol–water partition coefficient (Wildman–Crippen LogP) is 8.49. The number of H-pyrrole nitrogens is 3. The fourth-order valence-electron chi connectivity index (χ4n) is 9.65. The maximum Gasteiger partial charge on any atom is 0.409 e. The van der Waals surface area contributed by atoms with Crippen molar-refractivity contribution in [3.8, 4) is 0 Å². The van der Waals surface area contributed by atoms with E-state index in [1.54, 1.807) is 0 Å². The average molecular weight is 922 g/mol. The van der Waals surface area contributed by atoms with Crippen molar-refractivity contribution < 1.29 is 39.5 Å². The number of allylic oxidation sites excluding steroid dienone is 4. The van der Waals surface area contributed by atoms with Gasteiger partial charge in [-0.3, -0.25) is 0 Å². The minimum atomic E-state index is -0.564. The van der Waals surface area contributed by atoms with Gasteiger partial charge in [-0.15, -0.1) is 0 Å². The summed E-state index contributed by atoms with van der Waals surface area (Å²) in [6, 6.07) is 8.72. The molecule has 67 heavy (non-hydrogen) atoms. The summed E-state index contributed by atoms with van der Waals surface area (Å²) in [5.74, 6) is 0. The Morgan fingerprint density at radius 3 is 1.18 bits per heavy atom. The highest BCUT2D eigenvalue weighted by Crippen LogP contribution is 2.40. The first kappa shape index (κ1) is 50.7. The van der Waals surface area contributed by atoms with E-state index in [0.29, 0.717) is 25.7 Å². The Bertz CT molecular complexity index is 2510. The lowest BCUT2D eigenvalue weighted by molar-refractivity contribution is 0.0849. The number of aliphatic hydroxyl groups is 4. The lowest BCUT2D eigenvalue weighted by Gasteiger charge is -2.19. The third kappa shape index (κ3) is 11.0. The van der Waals surface area contributed by atoms with E-state index in [4.69, 9.17) is 19.4 Å². The minimum Gasteiger partial charge on any atom is -0.449 e. The van der Waals surface area contributed by atoms with Crippen LogP contribution in [0.2, 0.25) is 0 Å². The molecule has 2 aliphatic rings. The van der Waals surface area contributed by atoms with Crippen molar-refractivity contribution in [3.05, 3.63) is 80.4 Å². The molecule has 2 amide bonds. The van der Waals surface area contributed by atoms with Gasteiger partial charge >= 0.3 is 12.2 Å². The maximum absolute atomic E-state index is 12.8. The highest BCUT2D eigenvalue weighted by Gasteiger charge is 2.25. The summed E-state index contributed by atoms with van der Waals surface area (Å²) in [5.41, 5.74) is 20.7. The third-order valence-electron chi connectivity index (χ3n) is 13.3. The Balaban J connectivity index is 1.57. The van der Waals surface area contributed by atoms with E-state index in [1.165, 1.54) is 32.1 Å². The molecule has 0 atom stereocenters. The summed E-state index contributed by atoms with van der Waals surface area (Å²) in [6.07, 6.45) is 4.42. The number of carbonyl (C=O) groups is 2. The van der Waals surface area contributed by atoms with Crippen molar-refractivity contribution in [1.82, 2.24) is 34.7 Å². The molecule has 0 saturated heterocycles. The van der Waals surface area contributed by atoms with E-state index in [0.717, 1.165) is 115 Å². The number of rotatable bonds is 20. The molecule has 0 fully saturated rings. The van der Waals surface area contributed by atoms with Crippen LogP contribution in [0.15, 0.2) is 24.3 Å². The van der Waals surface area contributed by atoms with Crippen molar-refractivity contribution in [2.75, 3.05) is 65.8 Å². The number of aromatic nitrogens is 5. The van der Waals surface area contributed by atoms with Crippen LogP contribution >= 0.6 is 0 Å². The quantitative estimate of drug-likeness (QED) is 0.0420. The topological polar surface area (TPSA) is 213 Å². The van der Waals surface area contributed by atoms with Crippen molar-refractivity contribution in [1.29, 1.82) is 0 Å². The third-order valence-corrected chi connectivity index (χ3v) is 13.3. The van der Waals surface area contributed by atoms with Crippen molar-refractivity contribution in [2.24, 2.45) is 0 Å². The highest BCUT2D eigenvalue weighted by atomic mass is 16.6. The first-order valence-corrected chi connectivity index (χ1v) is 24.0. The fourth-order valence-corrected chi connectivity index (χ4v) is 9.65. The SMILES string of the molecule is CCC1=C(C)c2nc1cc1[nH]c(cc3[nH]c(cc4[nH]c(cc5nc2C(C)=C5CC)c(C)c4CCCOC(=O)N(CCO)CCO)c(CC)c3CC)c(CCCOC(=O)N(CCO)CCO)c1C. The molecule has 7 N–H and O–H groups in total. The number of carbonyl (C=O) groups excluding carboxylic acids is 2. The summed E-state index contributed by atoms with van der Waals surface area (Å²) in [5, 5.41) is 37.8. The molecule has 15 heteroatoms. The van der Waals surface area contributed by atoms with Gasteiger partial charge in [-0.2, -0.15) is 0 Å². The molecule has 6 heterocycles. The molecule has 15 nitrogen and oxygen atoms in total. The summed E-state index contributed by atoms with van der Waals surface area (Å²) < 4.78 is 11.2. The van der Waals surface area contributed by atoms with Gasteiger partial charge in [0.25, 0.3) is 0 Å². The van der Waals surface area contributed by atoms with Crippen LogP contribution in [0, 0.1) is 13.8 Å². The summed E-state index contributed by atoms with van der Waals surface area (Å²) in [4.78, 5) is 50.3. The molecule has 10 bridgehead atoms. The van der Waals surface area contributed by atoms with Gasteiger partial charge in [-0.1, -0.05) is 27.7 Å². The molecular weight excluding hydrogens is 851 g/mol. The molecule has 0 unspecified atom stereocenters. The zero-order valence-corrected chi connectivity index (χ0v) is 40.7. The lowest BCUT2D eigenvalue weighted by atomic mass is 9.99. The molecule has 0 aliphatic carbocycles. The first-order chi connectivity index (χ1) is 32.4. The molecule has 0 saturated carbocycles. The lowest BCUT2D eigenvalue weighted by Crippen LogP contribution is -2.36. The van der Waals surface area contributed by atoms with E-state index in [1.807, 2.05) is 0 Å². The molecule has 4 aromatic rings. The van der Waals surface area contributed by atoms with Crippen LogP contribution in [0.1, 0.15) is 123 Å². The molecule has 362 valence electrons. The zero-order valence-electron chi connectivity index (χ0n) is 40.7. The number of ether oxygens (including phenoxy) is 2. The van der Waals surface area contributed by atoms with Crippen molar-refractivity contribution in [2.45, 2.75) is 107 Å². The van der Waals surface area contributed by atoms with Crippen LogP contribution < -0.4 is 0 Å². The molecule has 2 aliphatic heterocycles. The van der Waals surface area contributed by atoms with E-state index in [2.05, 4.69) is 94.6 Å². The van der Waals surface area contributed by atoms with Crippen LogP contribution in [0.25, 0.3) is 55.4 Å². The predicted molar refractivity (Wildman–Crippen MR) is 266 cm³/mol. The average Bonchev–Trinajstić information content (AvgIpc) is 4.07. The molecular formula is C52H71N7O8. The number of aryl methyl sites for hydroxylation is 6. The van der Waals surface area contributed by atoms with Gasteiger partial charge in [0.15, 0.2) is 0 Å². The number of amides is 2. The van der Waals surface area contributed by atoms with Gasteiger partial charge < -0.3 is 54.7 Å². The Morgan fingerprint density at radius 2 is 0.851 bits per heavy atom. The number of nitrogens with zero attached hydrogens (tertiary/aromatic N) is 4. The Hall–Kier alpha value is -5.74. The minimum absolute atomic E-state index is 0.0860.